The summed E-state index contributed by atoms with van der Waals surface area (Å²) < 4.78 is 1.26. The lowest BCUT2D eigenvalue weighted by Gasteiger charge is -2.47. The van der Waals surface area contributed by atoms with Crippen molar-refractivity contribution in [1.82, 2.24) is 40.6 Å². The Labute approximate surface area is 239 Å². The van der Waals surface area contributed by atoms with Crippen LogP contribution in [0.25, 0.3) is 0 Å². The van der Waals surface area contributed by atoms with Crippen molar-refractivity contribution in [2.45, 2.75) is 62.7 Å². The number of tetrazole rings is 1. The first-order valence-electron chi connectivity index (χ1n) is 13.5. The van der Waals surface area contributed by atoms with Crippen LogP contribution >= 0.6 is 11.8 Å². The molecule has 17 heteroatoms. The van der Waals surface area contributed by atoms with Gasteiger partial charge in [0.15, 0.2) is 0 Å². The van der Waals surface area contributed by atoms with E-state index in [0.29, 0.717) is 24.4 Å². The summed E-state index contributed by atoms with van der Waals surface area (Å²) in [5.74, 6) is -3.21. The minimum absolute atomic E-state index is 0.0291. The second-order valence-corrected chi connectivity index (χ2v) is 12.5. The molecule has 16 nitrogen and oxygen atoms in total. The molecule has 0 aromatic carbocycles. The van der Waals surface area contributed by atoms with Crippen molar-refractivity contribution >= 4 is 41.3 Å². The molecule has 0 bridgehead atoms. The Bertz CT molecular complexity index is 1270. The highest BCUT2D eigenvalue weighted by atomic mass is 32.2. The van der Waals surface area contributed by atoms with Gasteiger partial charge in [-0.05, 0) is 23.8 Å². The van der Waals surface area contributed by atoms with Crippen molar-refractivity contribution in [3.8, 4) is 0 Å². The predicted molar refractivity (Wildman–Crippen MR) is 144 cm³/mol. The van der Waals surface area contributed by atoms with Gasteiger partial charge in [0.2, 0.25) is 17.7 Å². The fourth-order valence-electron chi connectivity index (χ4n) is 6.38. The maximum absolute atomic E-state index is 13.2. The molecule has 8 atom stereocenters. The molecule has 1 aromatic rings. The third-order valence-corrected chi connectivity index (χ3v) is 9.81. The summed E-state index contributed by atoms with van der Waals surface area (Å²) >= 11 is 1.38. The fraction of sp³-hybridized carbons (Fsp3) is 0.667. The van der Waals surface area contributed by atoms with Crippen LogP contribution in [0, 0.1) is 23.2 Å². The molecule has 4 aliphatic rings. The number of fused-ring (bicyclic) bond motifs is 1. The molecule has 0 radical (unpaired) electrons. The zero-order valence-corrected chi connectivity index (χ0v) is 23.5. The van der Waals surface area contributed by atoms with E-state index >= 15 is 0 Å². The number of aliphatic hydroxyl groups is 1. The van der Waals surface area contributed by atoms with Crippen LogP contribution in [-0.2, 0) is 25.7 Å². The third kappa shape index (κ3) is 5.52. The number of carbonyl (C=O) groups is 4. The van der Waals surface area contributed by atoms with Crippen LogP contribution in [0.3, 0.4) is 0 Å². The Hall–Kier alpha value is -3.57. The van der Waals surface area contributed by atoms with E-state index < -0.39 is 36.1 Å². The van der Waals surface area contributed by atoms with Gasteiger partial charge in [0.25, 0.3) is 0 Å². The normalized spacial score (nSPS) is 31.7. The monoisotopic (exact) mass is 590 g/mol. The Balaban J connectivity index is 1.21. The molecular formula is C24H34N10O6S. The first kappa shape index (κ1) is 28.9. The van der Waals surface area contributed by atoms with Crippen LogP contribution in [0.2, 0.25) is 0 Å². The number of likely N-dealkylation sites (tertiary alicyclic amines) is 1. The van der Waals surface area contributed by atoms with Gasteiger partial charge in [-0.3, -0.25) is 19.8 Å². The molecule has 41 heavy (non-hydrogen) atoms. The molecule has 4 aliphatic heterocycles. The van der Waals surface area contributed by atoms with Crippen molar-refractivity contribution in [3.63, 3.8) is 0 Å². The summed E-state index contributed by atoms with van der Waals surface area (Å²) in [7, 11) is 0. The molecule has 7 N–H and O–H groups in total. The molecule has 0 unspecified atom stereocenters. The van der Waals surface area contributed by atoms with Crippen LogP contribution in [0.1, 0.15) is 26.7 Å². The van der Waals surface area contributed by atoms with Crippen LogP contribution in [-0.4, -0.2) is 119 Å². The van der Waals surface area contributed by atoms with Crippen molar-refractivity contribution in [1.29, 1.82) is 5.41 Å². The zero-order chi connectivity index (χ0) is 29.6. The number of aliphatic hydroxyl groups excluding tert-OH is 1. The highest BCUT2D eigenvalue weighted by molar-refractivity contribution is 8.03. The molecule has 3 saturated heterocycles. The van der Waals surface area contributed by atoms with Gasteiger partial charge in [-0.2, -0.15) is 0 Å². The third-order valence-electron chi connectivity index (χ3n) is 8.30. The van der Waals surface area contributed by atoms with E-state index in [2.05, 4.69) is 26.2 Å². The first-order valence-corrected chi connectivity index (χ1v) is 14.3. The molecule has 5 heterocycles. The number of nitrogens with one attached hydrogen (secondary N) is 3. The number of aliphatic carboxylic acids is 1. The van der Waals surface area contributed by atoms with Crippen LogP contribution < -0.4 is 16.4 Å². The number of amidine groups is 1. The molecule has 0 saturated carbocycles. The van der Waals surface area contributed by atoms with Gasteiger partial charge < -0.3 is 36.4 Å². The minimum Gasteiger partial charge on any atom is -0.477 e. The Morgan fingerprint density at radius 3 is 2.76 bits per heavy atom. The van der Waals surface area contributed by atoms with Crippen LogP contribution in [0.15, 0.2) is 16.9 Å². The summed E-state index contributed by atoms with van der Waals surface area (Å²) in [6.45, 7) is 4.49. The lowest BCUT2D eigenvalue weighted by atomic mass is 9.78. The van der Waals surface area contributed by atoms with E-state index in [0.717, 1.165) is 0 Å². The first-order chi connectivity index (χ1) is 19.5. The average molecular weight is 591 g/mol. The number of hydrogen-bond acceptors (Lipinski definition) is 11. The smallest absolute Gasteiger partial charge is 0.353 e. The molecular weight excluding hydrogens is 556 g/mol. The highest BCUT2D eigenvalue weighted by Crippen LogP contribution is 2.51. The van der Waals surface area contributed by atoms with Gasteiger partial charge in [0.1, 0.15) is 18.6 Å². The number of carbonyl (C=O) groups excluding carboxylic acids is 3. The summed E-state index contributed by atoms with van der Waals surface area (Å²) in [6, 6.07) is -1.42. The number of carboxylic acids is 1. The molecule has 1 aromatic heterocycles. The second-order valence-electron chi connectivity index (χ2n) is 11.1. The number of nitrogens with zero attached hydrogens (tertiary/aromatic N) is 6. The topological polar surface area (TPSA) is 233 Å². The number of rotatable bonds is 10. The van der Waals surface area contributed by atoms with Crippen molar-refractivity contribution in [2.75, 3.05) is 19.6 Å². The van der Waals surface area contributed by atoms with Crippen molar-refractivity contribution in [3.05, 3.63) is 16.9 Å². The molecule has 3 amide bonds. The Morgan fingerprint density at radius 1 is 1.34 bits per heavy atom. The molecule has 222 valence electrons. The largest absolute Gasteiger partial charge is 0.477 e. The van der Waals surface area contributed by atoms with Crippen LogP contribution in [0.4, 0.5) is 0 Å². The Kier molecular flexibility index (Phi) is 8.02. The summed E-state index contributed by atoms with van der Waals surface area (Å²) in [6.07, 6.45) is 1.26. The number of hydrogen-bond donors (Lipinski definition) is 6. The van der Waals surface area contributed by atoms with Crippen molar-refractivity contribution < 1.29 is 29.4 Å². The number of carboxylic acid groups (broad SMARTS) is 1. The lowest BCUT2D eigenvalue weighted by molar-refractivity contribution is -0.158. The van der Waals surface area contributed by atoms with E-state index in [1.54, 1.807) is 11.8 Å². The number of β-amino-alcohol motifs (C(OH)–C–C–N with tert-alkyl or cyclic N) is 1. The van der Waals surface area contributed by atoms with Gasteiger partial charge in [-0.25, -0.2) is 9.48 Å². The van der Waals surface area contributed by atoms with Gasteiger partial charge in [-0.15, -0.1) is 16.9 Å². The van der Waals surface area contributed by atoms with Gasteiger partial charge in [0.05, 0.1) is 29.9 Å². The van der Waals surface area contributed by atoms with Crippen LogP contribution in [0.5, 0.6) is 0 Å². The minimum atomic E-state index is -1.19. The van der Waals surface area contributed by atoms with E-state index in [1.165, 1.54) is 27.7 Å². The average Bonchev–Trinajstić information content (AvgIpc) is 3.68. The standard InChI is InChI=1S/C24H34N10O6S/c1-10-19-18(11(2)29-17(36)8-33-9-28-30-31-33)23(38)34(19)20(24(39)40)21(10)41-13-4-14(27-5-13)22(37)32-6-12(3-16(25)26)15(35)7-32/h9-15,18-19,27,35H,3-8H2,1-2H3,(H3,25,26)(H,29,36)(H,39,40)/t10-,11-,12+,13+,14+,15-,18-,19-/m1/s1. The maximum atomic E-state index is 13.2. The predicted octanol–water partition coefficient (Wildman–Crippen LogP) is -2.44. The second kappa shape index (κ2) is 11.4. The van der Waals surface area contributed by atoms with Gasteiger partial charge in [-0.1, -0.05) is 6.92 Å². The lowest BCUT2D eigenvalue weighted by Crippen LogP contribution is -2.66. The number of nitrogens with two attached hydrogens (primary N) is 1. The van der Waals surface area contributed by atoms with E-state index in [1.807, 2.05) is 6.92 Å². The van der Waals surface area contributed by atoms with E-state index in [4.69, 9.17) is 11.1 Å². The summed E-state index contributed by atoms with van der Waals surface area (Å²) in [5.41, 5.74) is 5.44. The quantitative estimate of drug-likeness (QED) is 0.0948. The summed E-state index contributed by atoms with van der Waals surface area (Å²) in [5, 5.41) is 44.4. The maximum Gasteiger partial charge on any atom is 0.353 e. The van der Waals surface area contributed by atoms with E-state index in [-0.39, 0.29) is 65.9 Å². The van der Waals surface area contributed by atoms with Gasteiger partial charge >= 0.3 is 5.97 Å². The van der Waals surface area contributed by atoms with E-state index in [9.17, 15) is 29.4 Å². The number of aromatic nitrogens is 4. The number of amides is 3. The zero-order valence-electron chi connectivity index (χ0n) is 22.6. The molecule has 0 spiro atoms. The Morgan fingerprint density at radius 2 is 2.10 bits per heavy atom. The van der Waals surface area contributed by atoms with Crippen molar-refractivity contribution in [2.24, 2.45) is 23.5 Å². The molecule has 3 fully saturated rings. The highest BCUT2D eigenvalue weighted by Gasteiger charge is 2.60. The SMILES string of the molecule is C[C@@H](NC(=O)Cn1cnnn1)[C@H]1C(=O)N2C(C(=O)O)=C(S[C@@H]3CN[C@H](C(=O)N4C[C@H](CC(=N)N)[C@H](O)C4)C3)[C@H](C)[C@H]12. The fourth-order valence-corrected chi connectivity index (χ4v) is 7.86. The number of thioether (sulfide) groups is 1. The van der Waals surface area contributed by atoms with Gasteiger partial charge in [0, 0.05) is 54.1 Å². The summed E-state index contributed by atoms with van der Waals surface area (Å²) in [4.78, 5) is 54.6. The number of β-lactam (4-membered cyclic amide) rings is 1. The molecule has 0 aliphatic carbocycles. The molecule has 5 rings (SSSR count).